The Morgan fingerprint density at radius 2 is 2.16 bits per heavy atom. The lowest BCUT2D eigenvalue weighted by molar-refractivity contribution is -0.135. The summed E-state index contributed by atoms with van der Waals surface area (Å²) in [5.41, 5.74) is 2.40. The van der Waals surface area contributed by atoms with E-state index in [-0.39, 0.29) is 17.9 Å². The van der Waals surface area contributed by atoms with Gasteiger partial charge in [0, 0.05) is 32.6 Å². The molecule has 0 radical (unpaired) electrons. The molecule has 2 heterocycles. The second kappa shape index (κ2) is 8.48. The van der Waals surface area contributed by atoms with Crippen LogP contribution in [-0.4, -0.2) is 42.9 Å². The minimum Gasteiger partial charge on any atom is -0.356 e. The summed E-state index contributed by atoms with van der Waals surface area (Å²) >= 11 is 0. The molecule has 2 aliphatic heterocycles. The molecule has 0 aliphatic carbocycles. The summed E-state index contributed by atoms with van der Waals surface area (Å²) in [6, 6.07) is 8.02. The molecule has 2 amide bonds. The third-order valence-electron chi connectivity index (χ3n) is 5.25. The predicted molar refractivity (Wildman–Crippen MR) is 98.1 cm³/mol. The van der Waals surface area contributed by atoms with Crippen molar-refractivity contribution < 1.29 is 9.59 Å². The van der Waals surface area contributed by atoms with Crippen molar-refractivity contribution in [2.24, 2.45) is 5.92 Å². The van der Waals surface area contributed by atoms with E-state index in [1.54, 1.807) is 0 Å². The fraction of sp³-hybridized carbons (Fsp3) is 0.600. The lowest BCUT2D eigenvalue weighted by Crippen LogP contribution is -2.49. The van der Waals surface area contributed by atoms with Crippen LogP contribution in [0.1, 0.15) is 49.8 Å². The number of hydrogen-bond donors (Lipinski definition) is 2. The van der Waals surface area contributed by atoms with Crippen molar-refractivity contribution >= 4 is 11.8 Å². The molecule has 0 bridgehead atoms. The Kier molecular flexibility index (Phi) is 6.08. The number of amides is 2. The molecule has 5 nitrogen and oxygen atoms in total. The van der Waals surface area contributed by atoms with E-state index in [1.165, 1.54) is 5.56 Å². The van der Waals surface area contributed by atoms with Crippen LogP contribution in [0, 0.1) is 5.92 Å². The molecule has 2 atom stereocenters. The molecule has 1 saturated heterocycles. The second-order valence-electron chi connectivity index (χ2n) is 7.18. The van der Waals surface area contributed by atoms with E-state index in [0.717, 1.165) is 50.9 Å². The summed E-state index contributed by atoms with van der Waals surface area (Å²) < 4.78 is 0. The molecule has 1 aromatic rings. The first-order valence-corrected chi connectivity index (χ1v) is 9.55. The Bertz CT molecular complexity index is 617. The van der Waals surface area contributed by atoms with Gasteiger partial charge in [-0.05, 0) is 42.7 Å². The van der Waals surface area contributed by atoms with E-state index in [2.05, 4.69) is 22.8 Å². The van der Waals surface area contributed by atoms with Gasteiger partial charge in [0.05, 0.1) is 0 Å². The molecule has 5 heteroatoms. The maximum atomic E-state index is 13.1. The molecule has 1 fully saturated rings. The van der Waals surface area contributed by atoms with Gasteiger partial charge in [0.2, 0.25) is 11.8 Å². The van der Waals surface area contributed by atoms with Crippen molar-refractivity contribution in [2.75, 3.05) is 26.2 Å². The summed E-state index contributed by atoms with van der Waals surface area (Å²) in [5.74, 6) is 0.655. The van der Waals surface area contributed by atoms with Crippen LogP contribution in [0.15, 0.2) is 24.3 Å². The smallest absolute Gasteiger partial charge is 0.244 e. The van der Waals surface area contributed by atoms with E-state index in [0.29, 0.717) is 18.9 Å². The fourth-order valence-electron chi connectivity index (χ4n) is 3.91. The van der Waals surface area contributed by atoms with E-state index >= 15 is 0 Å². The van der Waals surface area contributed by atoms with E-state index < -0.39 is 0 Å². The number of carbonyl (C=O) groups excluding carboxylic acids is 2. The minimum atomic E-state index is -0.224. The van der Waals surface area contributed by atoms with E-state index in [1.807, 2.05) is 24.0 Å². The zero-order chi connectivity index (χ0) is 17.6. The maximum Gasteiger partial charge on any atom is 0.244 e. The normalized spacial score (nSPS) is 23.0. The highest BCUT2D eigenvalue weighted by molar-refractivity contribution is 5.84. The Morgan fingerprint density at radius 3 is 3.00 bits per heavy atom. The van der Waals surface area contributed by atoms with Crippen LogP contribution in [0.2, 0.25) is 0 Å². The average Bonchev–Trinajstić information content (AvgIpc) is 2.66. The quantitative estimate of drug-likeness (QED) is 0.860. The highest BCUT2D eigenvalue weighted by Crippen LogP contribution is 2.26. The highest BCUT2D eigenvalue weighted by Gasteiger charge is 2.32. The second-order valence-corrected chi connectivity index (χ2v) is 7.18. The Balaban J connectivity index is 1.60. The van der Waals surface area contributed by atoms with Crippen LogP contribution in [0.3, 0.4) is 0 Å². The standard InChI is InChI=1S/C20H29N3O2/c1-2-6-18(24)22-13-15-7-5-12-23(14-15)20(25)19-17-9-4-3-8-16(17)10-11-21-19/h3-4,8-9,15,19,21H,2,5-7,10-14H2,1H3,(H,22,24)/t15-,19-/m1/s1. The number of nitrogens with zero attached hydrogens (tertiary/aromatic N) is 1. The van der Waals surface area contributed by atoms with Gasteiger partial charge in [0.15, 0.2) is 0 Å². The number of rotatable bonds is 5. The van der Waals surface area contributed by atoms with Crippen LogP contribution >= 0.6 is 0 Å². The van der Waals surface area contributed by atoms with Crippen molar-refractivity contribution in [3.63, 3.8) is 0 Å². The third kappa shape index (κ3) is 4.40. The van der Waals surface area contributed by atoms with Gasteiger partial charge in [-0.15, -0.1) is 0 Å². The fourth-order valence-corrected chi connectivity index (χ4v) is 3.91. The number of likely N-dealkylation sites (tertiary alicyclic amines) is 1. The number of nitrogens with one attached hydrogen (secondary N) is 2. The molecule has 2 aliphatic rings. The molecule has 3 rings (SSSR count). The van der Waals surface area contributed by atoms with Crippen LogP contribution in [0.4, 0.5) is 0 Å². The number of hydrogen-bond acceptors (Lipinski definition) is 3. The van der Waals surface area contributed by atoms with Gasteiger partial charge in [0.25, 0.3) is 0 Å². The molecule has 0 unspecified atom stereocenters. The molecule has 0 spiro atoms. The predicted octanol–water partition coefficient (Wildman–Crippen LogP) is 2.03. The molecule has 25 heavy (non-hydrogen) atoms. The summed E-state index contributed by atoms with van der Waals surface area (Å²) in [6.07, 6.45) is 4.51. The molecule has 0 aromatic heterocycles. The topological polar surface area (TPSA) is 61.4 Å². The molecule has 136 valence electrons. The maximum absolute atomic E-state index is 13.1. The molecule has 0 saturated carbocycles. The largest absolute Gasteiger partial charge is 0.356 e. The summed E-state index contributed by atoms with van der Waals surface area (Å²) in [7, 11) is 0. The number of benzene rings is 1. The molecular weight excluding hydrogens is 314 g/mol. The number of carbonyl (C=O) groups is 2. The molecular formula is C20H29N3O2. The highest BCUT2D eigenvalue weighted by atomic mass is 16.2. The lowest BCUT2D eigenvalue weighted by atomic mass is 9.92. The van der Waals surface area contributed by atoms with E-state index in [9.17, 15) is 9.59 Å². The van der Waals surface area contributed by atoms with Crippen LogP contribution in [-0.2, 0) is 16.0 Å². The zero-order valence-electron chi connectivity index (χ0n) is 15.1. The Hall–Kier alpha value is -1.88. The van der Waals surface area contributed by atoms with Crippen LogP contribution in [0.25, 0.3) is 0 Å². The Labute approximate surface area is 150 Å². The van der Waals surface area contributed by atoms with Gasteiger partial charge in [-0.2, -0.15) is 0 Å². The van der Waals surface area contributed by atoms with Gasteiger partial charge in [-0.1, -0.05) is 31.2 Å². The van der Waals surface area contributed by atoms with E-state index in [4.69, 9.17) is 0 Å². The molecule has 2 N–H and O–H groups in total. The van der Waals surface area contributed by atoms with Crippen LogP contribution < -0.4 is 10.6 Å². The molecule has 1 aromatic carbocycles. The van der Waals surface area contributed by atoms with Gasteiger partial charge < -0.3 is 15.5 Å². The van der Waals surface area contributed by atoms with Crippen molar-refractivity contribution in [1.29, 1.82) is 0 Å². The SMILES string of the molecule is CCCC(=O)NC[C@H]1CCCN(C(=O)[C@@H]2NCCc3ccccc32)C1. The number of fused-ring (bicyclic) bond motifs is 1. The van der Waals surface area contributed by atoms with Gasteiger partial charge in [-0.3, -0.25) is 9.59 Å². The monoisotopic (exact) mass is 343 g/mol. The van der Waals surface area contributed by atoms with Crippen molar-refractivity contribution in [1.82, 2.24) is 15.5 Å². The number of piperidine rings is 1. The first kappa shape index (κ1) is 17.9. The zero-order valence-corrected chi connectivity index (χ0v) is 15.1. The average molecular weight is 343 g/mol. The van der Waals surface area contributed by atoms with Crippen molar-refractivity contribution in [3.05, 3.63) is 35.4 Å². The third-order valence-corrected chi connectivity index (χ3v) is 5.25. The Morgan fingerprint density at radius 1 is 1.32 bits per heavy atom. The van der Waals surface area contributed by atoms with Gasteiger partial charge in [-0.25, -0.2) is 0 Å². The lowest BCUT2D eigenvalue weighted by Gasteiger charge is -2.36. The van der Waals surface area contributed by atoms with Gasteiger partial charge >= 0.3 is 0 Å². The summed E-state index contributed by atoms with van der Waals surface area (Å²) in [5, 5.41) is 6.41. The minimum absolute atomic E-state index is 0.119. The van der Waals surface area contributed by atoms with Crippen molar-refractivity contribution in [2.45, 2.75) is 45.1 Å². The van der Waals surface area contributed by atoms with Crippen molar-refractivity contribution in [3.8, 4) is 0 Å². The summed E-state index contributed by atoms with van der Waals surface area (Å²) in [6.45, 7) is 5.09. The summed E-state index contributed by atoms with van der Waals surface area (Å²) in [4.78, 5) is 26.7. The van der Waals surface area contributed by atoms with Crippen LogP contribution in [0.5, 0.6) is 0 Å². The first-order chi connectivity index (χ1) is 12.2. The van der Waals surface area contributed by atoms with Gasteiger partial charge in [0.1, 0.15) is 6.04 Å². The first-order valence-electron chi connectivity index (χ1n) is 9.55.